The van der Waals surface area contributed by atoms with Crippen LogP contribution in [0.2, 0.25) is 0 Å². The lowest BCUT2D eigenvalue weighted by atomic mass is 10.0. The van der Waals surface area contributed by atoms with Crippen LogP contribution < -0.4 is 5.32 Å². The van der Waals surface area contributed by atoms with Crippen molar-refractivity contribution in [2.75, 3.05) is 11.9 Å². The highest BCUT2D eigenvalue weighted by atomic mass is 19.4. The van der Waals surface area contributed by atoms with Gasteiger partial charge in [-0.15, -0.1) is 0 Å². The number of alkyl halides is 3. The van der Waals surface area contributed by atoms with Crippen LogP contribution in [-0.2, 0) is 10.9 Å². The molecule has 8 heteroatoms. The molecule has 0 bridgehead atoms. The van der Waals surface area contributed by atoms with E-state index in [9.17, 15) is 22.8 Å². The molecule has 0 radical (unpaired) electrons. The number of carbonyl (C=O) groups is 2. The number of benzene rings is 2. The lowest BCUT2D eigenvalue weighted by molar-refractivity contribution is -0.137. The van der Waals surface area contributed by atoms with E-state index in [1.165, 1.54) is 0 Å². The third-order valence-electron chi connectivity index (χ3n) is 4.80. The zero-order chi connectivity index (χ0) is 22.8. The quantitative estimate of drug-likeness (QED) is 0.507. The maximum Gasteiger partial charge on any atom is 0.416 e. The lowest BCUT2D eigenvalue weighted by Gasteiger charge is -2.10. The number of H-pyrrole nitrogens is 1. The molecule has 0 spiro atoms. The van der Waals surface area contributed by atoms with E-state index >= 15 is 0 Å². The van der Waals surface area contributed by atoms with Gasteiger partial charge < -0.3 is 15.0 Å². The first-order chi connectivity index (χ1) is 14.6. The Balaban J connectivity index is 1.84. The summed E-state index contributed by atoms with van der Waals surface area (Å²) in [6.07, 6.45) is -4.46. The van der Waals surface area contributed by atoms with E-state index in [1.807, 2.05) is 13.0 Å². The van der Waals surface area contributed by atoms with E-state index in [1.54, 1.807) is 32.0 Å². The topological polar surface area (TPSA) is 71.2 Å². The number of aryl methyl sites for hydroxylation is 1. The van der Waals surface area contributed by atoms with Crippen molar-refractivity contribution in [1.82, 2.24) is 4.98 Å². The maximum atomic E-state index is 12.7. The van der Waals surface area contributed by atoms with Crippen molar-refractivity contribution in [3.8, 4) is 11.1 Å². The second kappa shape index (κ2) is 8.67. The molecule has 3 aromatic rings. The summed E-state index contributed by atoms with van der Waals surface area (Å²) in [7, 11) is 0. The van der Waals surface area contributed by atoms with Crippen LogP contribution in [0.25, 0.3) is 11.1 Å². The number of nitrogens with one attached hydrogen (secondary N) is 2. The van der Waals surface area contributed by atoms with E-state index < -0.39 is 23.6 Å². The molecule has 0 saturated heterocycles. The van der Waals surface area contributed by atoms with E-state index in [2.05, 4.69) is 10.3 Å². The van der Waals surface area contributed by atoms with Gasteiger partial charge in [0.05, 0.1) is 12.2 Å². The summed E-state index contributed by atoms with van der Waals surface area (Å²) in [6, 6.07) is 11.0. The molecule has 0 aliphatic carbocycles. The van der Waals surface area contributed by atoms with Crippen molar-refractivity contribution >= 4 is 17.6 Å². The Bertz CT molecular complexity index is 1120. The van der Waals surface area contributed by atoms with E-state index in [-0.39, 0.29) is 12.2 Å². The normalized spacial score (nSPS) is 11.3. The molecule has 162 valence electrons. The predicted molar refractivity (Wildman–Crippen MR) is 111 cm³/mol. The van der Waals surface area contributed by atoms with Crippen LogP contribution in [0.1, 0.15) is 44.6 Å². The van der Waals surface area contributed by atoms with Gasteiger partial charge in [-0.2, -0.15) is 13.2 Å². The minimum Gasteiger partial charge on any atom is -0.461 e. The standard InChI is InChI=1S/C23H21F3N2O3/c1-4-31-22(30)20-13(2)19(14(3)27-20)16-6-5-7-18(12-16)28-21(29)15-8-10-17(11-9-15)23(24,25)26/h5-12,27H,4H2,1-3H3,(H,28,29). The number of anilines is 1. The van der Waals surface area contributed by atoms with Crippen molar-refractivity contribution in [3.05, 3.63) is 76.6 Å². The third-order valence-corrected chi connectivity index (χ3v) is 4.80. The Labute approximate surface area is 177 Å². The Morgan fingerprint density at radius 2 is 1.74 bits per heavy atom. The number of hydrogen-bond donors (Lipinski definition) is 2. The maximum absolute atomic E-state index is 12.7. The molecular formula is C23H21F3N2O3. The number of hydrogen-bond acceptors (Lipinski definition) is 3. The second-order valence-electron chi connectivity index (χ2n) is 6.96. The molecule has 3 rings (SSSR count). The predicted octanol–water partition coefficient (Wildman–Crippen LogP) is 5.75. The molecule has 0 fully saturated rings. The number of aromatic amines is 1. The summed E-state index contributed by atoms with van der Waals surface area (Å²) >= 11 is 0. The van der Waals surface area contributed by atoms with E-state index in [0.717, 1.165) is 46.6 Å². The van der Waals surface area contributed by atoms with Gasteiger partial charge in [0.15, 0.2) is 0 Å². The lowest BCUT2D eigenvalue weighted by Crippen LogP contribution is -2.13. The number of carbonyl (C=O) groups excluding carboxylic acids is 2. The molecule has 2 aromatic carbocycles. The van der Waals surface area contributed by atoms with Crippen molar-refractivity contribution < 1.29 is 27.5 Å². The average molecular weight is 430 g/mol. The van der Waals surface area contributed by atoms with Gasteiger partial charge in [-0.3, -0.25) is 4.79 Å². The van der Waals surface area contributed by atoms with Crippen molar-refractivity contribution in [3.63, 3.8) is 0 Å². The Morgan fingerprint density at radius 1 is 1.06 bits per heavy atom. The Hall–Kier alpha value is -3.55. The van der Waals surface area contributed by atoms with Crippen LogP contribution >= 0.6 is 0 Å². The van der Waals surface area contributed by atoms with Gasteiger partial charge in [0.1, 0.15) is 5.69 Å². The Morgan fingerprint density at radius 3 is 2.35 bits per heavy atom. The van der Waals surface area contributed by atoms with Crippen molar-refractivity contribution in [2.45, 2.75) is 26.9 Å². The summed E-state index contributed by atoms with van der Waals surface area (Å²) in [6.45, 7) is 5.63. The average Bonchev–Trinajstić information content (AvgIpc) is 3.02. The van der Waals surface area contributed by atoms with Gasteiger partial charge in [0.2, 0.25) is 0 Å². The molecule has 0 unspecified atom stereocenters. The third kappa shape index (κ3) is 4.79. The summed E-state index contributed by atoms with van der Waals surface area (Å²) < 4.78 is 43.2. The zero-order valence-corrected chi connectivity index (χ0v) is 17.2. The number of esters is 1. The van der Waals surface area contributed by atoms with Gasteiger partial charge in [0, 0.05) is 22.5 Å². The second-order valence-corrected chi connectivity index (χ2v) is 6.96. The Kier molecular flexibility index (Phi) is 6.19. The minimum absolute atomic E-state index is 0.108. The first-order valence-electron chi connectivity index (χ1n) is 9.57. The molecule has 1 amide bonds. The summed E-state index contributed by atoms with van der Waals surface area (Å²) in [5.41, 5.74) is 3.21. The fourth-order valence-electron chi connectivity index (χ4n) is 3.36. The van der Waals surface area contributed by atoms with Crippen LogP contribution in [0.4, 0.5) is 18.9 Å². The number of aromatic nitrogens is 1. The number of halogens is 3. The highest BCUT2D eigenvalue weighted by Crippen LogP contribution is 2.32. The monoisotopic (exact) mass is 430 g/mol. The van der Waals surface area contributed by atoms with Gasteiger partial charge in [0.25, 0.3) is 5.91 Å². The van der Waals surface area contributed by atoms with Crippen molar-refractivity contribution in [2.24, 2.45) is 0 Å². The smallest absolute Gasteiger partial charge is 0.416 e. The molecule has 1 aromatic heterocycles. The van der Waals surface area contributed by atoms with Crippen LogP contribution in [0.15, 0.2) is 48.5 Å². The minimum atomic E-state index is -4.46. The van der Waals surface area contributed by atoms with Gasteiger partial charge >= 0.3 is 12.1 Å². The van der Waals surface area contributed by atoms with Gasteiger partial charge in [-0.1, -0.05) is 12.1 Å². The van der Waals surface area contributed by atoms with Gasteiger partial charge in [-0.05, 0) is 68.3 Å². The number of ether oxygens (including phenoxy) is 1. The molecule has 5 nitrogen and oxygen atoms in total. The first kappa shape index (κ1) is 22.1. The van der Waals surface area contributed by atoms with Gasteiger partial charge in [-0.25, -0.2) is 4.79 Å². The highest BCUT2D eigenvalue weighted by Gasteiger charge is 2.30. The zero-order valence-electron chi connectivity index (χ0n) is 17.2. The van der Waals surface area contributed by atoms with Crippen LogP contribution in [-0.4, -0.2) is 23.5 Å². The fourth-order valence-corrected chi connectivity index (χ4v) is 3.36. The molecule has 1 heterocycles. The molecule has 0 aliphatic heterocycles. The summed E-state index contributed by atoms with van der Waals surface area (Å²) in [5.74, 6) is -0.971. The van der Waals surface area contributed by atoms with Crippen LogP contribution in [0, 0.1) is 13.8 Å². The summed E-state index contributed by atoms with van der Waals surface area (Å²) in [4.78, 5) is 27.6. The molecule has 0 atom stereocenters. The number of amides is 1. The first-order valence-corrected chi connectivity index (χ1v) is 9.57. The SMILES string of the molecule is CCOC(=O)c1[nH]c(C)c(-c2cccc(NC(=O)c3ccc(C(F)(F)F)cc3)c2)c1C. The molecule has 2 N–H and O–H groups in total. The van der Waals surface area contributed by atoms with E-state index in [0.29, 0.717) is 11.4 Å². The molecular weight excluding hydrogens is 409 g/mol. The van der Waals surface area contributed by atoms with Crippen molar-refractivity contribution in [1.29, 1.82) is 0 Å². The van der Waals surface area contributed by atoms with Crippen LogP contribution in [0.5, 0.6) is 0 Å². The largest absolute Gasteiger partial charge is 0.461 e. The molecule has 31 heavy (non-hydrogen) atoms. The fraction of sp³-hybridized carbons (Fsp3) is 0.217. The van der Waals surface area contributed by atoms with E-state index in [4.69, 9.17) is 4.74 Å². The molecule has 0 aliphatic rings. The number of rotatable bonds is 5. The summed E-state index contributed by atoms with van der Waals surface area (Å²) in [5, 5.41) is 2.69. The highest BCUT2D eigenvalue weighted by molar-refractivity contribution is 6.04. The molecule has 0 saturated carbocycles. The van der Waals surface area contributed by atoms with Crippen LogP contribution in [0.3, 0.4) is 0 Å².